The van der Waals surface area contributed by atoms with Crippen LogP contribution in [0.15, 0.2) is 48.6 Å². The minimum Gasteiger partial charge on any atom is -0.395 e. The van der Waals surface area contributed by atoms with Gasteiger partial charge in [0, 0.05) is 43.9 Å². The Morgan fingerprint density at radius 1 is 0.739 bits per heavy atom. The van der Waals surface area contributed by atoms with Crippen LogP contribution in [0.4, 0.5) is 26.3 Å². The summed E-state index contributed by atoms with van der Waals surface area (Å²) in [7, 11) is 0. The number of aliphatic hydroxyl groups excluding tert-OH is 1. The molecule has 0 amide bonds. The van der Waals surface area contributed by atoms with Gasteiger partial charge in [-0.25, -0.2) is 0 Å². The topological polar surface area (TPSA) is 157 Å². The standard InChI is InChI=1S/C30H31F6N9O/c31-29(32,33)23-15-19(1-3-21(23)17-5-9-43(10-6-17)27(37)38)25-41-42-26(45(25)13-14-46)20-2-4-22(24(16-20)30(34,35)36)18-7-11-44(12-8-18)28(39)40/h1-5,7,15-16,46H,6,8-14H2,(H3,37,38)(H3,39,40). The first-order chi connectivity index (χ1) is 21.7. The second kappa shape index (κ2) is 12.5. The molecule has 0 saturated carbocycles. The highest BCUT2D eigenvalue weighted by atomic mass is 19.4. The van der Waals surface area contributed by atoms with E-state index in [2.05, 4.69) is 10.2 Å². The zero-order valence-corrected chi connectivity index (χ0v) is 24.4. The first-order valence-electron chi connectivity index (χ1n) is 14.2. The van der Waals surface area contributed by atoms with E-state index in [4.69, 9.17) is 22.3 Å². The van der Waals surface area contributed by atoms with Gasteiger partial charge in [-0.2, -0.15) is 26.3 Å². The van der Waals surface area contributed by atoms with Gasteiger partial charge in [-0.3, -0.25) is 10.8 Å². The summed E-state index contributed by atoms with van der Waals surface area (Å²) in [4.78, 5) is 3.05. The Morgan fingerprint density at radius 2 is 1.15 bits per heavy atom. The third-order valence-corrected chi connectivity index (χ3v) is 8.03. The predicted octanol–water partition coefficient (Wildman–Crippen LogP) is 4.61. The fourth-order valence-corrected chi connectivity index (χ4v) is 5.70. The van der Waals surface area contributed by atoms with Crippen molar-refractivity contribution in [3.05, 3.63) is 70.8 Å². The molecule has 0 atom stereocenters. The summed E-state index contributed by atoms with van der Waals surface area (Å²) in [6.45, 7) is 0.255. The lowest BCUT2D eigenvalue weighted by Gasteiger charge is -2.27. The van der Waals surface area contributed by atoms with E-state index in [0.717, 1.165) is 12.1 Å². The van der Waals surface area contributed by atoms with Crippen molar-refractivity contribution < 1.29 is 31.4 Å². The van der Waals surface area contributed by atoms with Crippen LogP contribution in [0.1, 0.15) is 35.1 Å². The molecule has 3 heterocycles. The maximum Gasteiger partial charge on any atom is 0.417 e. The molecular formula is C30H31F6N9O. The summed E-state index contributed by atoms with van der Waals surface area (Å²) in [5.74, 6) is -0.466. The summed E-state index contributed by atoms with van der Waals surface area (Å²) < 4.78 is 87.2. The molecule has 0 saturated heterocycles. The van der Waals surface area contributed by atoms with Crippen LogP contribution in [0.2, 0.25) is 0 Å². The van der Waals surface area contributed by atoms with Gasteiger partial charge in [0.15, 0.2) is 23.6 Å². The molecule has 2 aromatic carbocycles. The molecule has 46 heavy (non-hydrogen) atoms. The van der Waals surface area contributed by atoms with E-state index in [1.165, 1.54) is 38.6 Å². The summed E-state index contributed by atoms with van der Waals surface area (Å²) in [6.07, 6.45) is -5.85. The van der Waals surface area contributed by atoms with Crippen LogP contribution in [-0.4, -0.2) is 74.4 Å². The van der Waals surface area contributed by atoms with Gasteiger partial charge in [0.1, 0.15) is 0 Å². The minimum atomic E-state index is -4.75. The number of hydrogen-bond acceptors (Lipinski definition) is 5. The maximum absolute atomic E-state index is 14.3. The smallest absolute Gasteiger partial charge is 0.395 e. The van der Waals surface area contributed by atoms with E-state index >= 15 is 0 Å². The number of aromatic nitrogens is 3. The second-order valence-corrected chi connectivity index (χ2v) is 10.9. The lowest BCUT2D eigenvalue weighted by molar-refractivity contribution is -0.138. The summed E-state index contributed by atoms with van der Waals surface area (Å²) in [5.41, 5.74) is 9.97. The summed E-state index contributed by atoms with van der Waals surface area (Å²) >= 11 is 0. The normalized spacial score (nSPS) is 15.9. The zero-order valence-electron chi connectivity index (χ0n) is 24.4. The molecule has 2 aliphatic heterocycles. The molecule has 16 heteroatoms. The van der Waals surface area contributed by atoms with Gasteiger partial charge in [0.25, 0.3) is 0 Å². The molecule has 0 fully saturated rings. The molecule has 0 aliphatic carbocycles. The molecule has 0 unspecified atom stereocenters. The molecule has 10 nitrogen and oxygen atoms in total. The van der Waals surface area contributed by atoms with E-state index in [1.54, 1.807) is 12.2 Å². The number of nitrogens with one attached hydrogen (secondary N) is 2. The van der Waals surface area contributed by atoms with Crippen molar-refractivity contribution in [1.82, 2.24) is 24.6 Å². The van der Waals surface area contributed by atoms with Crippen molar-refractivity contribution in [3.63, 3.8) is 0 Å². The summed E-state index contributed by atoms with van der Waals surface area (Å²) in [6, 6.07) is 7.31. The summed E-state index contributed by atoms with van der Waals surface area (Å²) in [5, 5.41) is 33.0. The molecular weight excluding hydrogens is 616 g/mol. The van der Waals surface area contributed by atoms with Gasteiger partial charge in [0.05, 0.1) is 17.7 Å². The van der Waals surface area contributed by atoms with Gasteiger partial charge in [0.2, 0.25) is 0 Å². The number of hydrogen-bond donors (Lipinski definition) is 5. The Labute approximate surface area is 259 Å². The average Bonchev–Trinajstić information content (AvgIpc) is 3.43. The number of nitrogens with two attached hydrogens (primary N) is 2. The monoisotopic (exact) mass is 647 g/mol. The van der Waals surface area contributed by atoms with Gasteiger partial charge >= 0.3 is 12.4 Å². The molecule has 0 bridgehead atoms. The van der Waals surface area contributed by atoms with E-state index in [1.807, 2.05) is 0 Å². The van der Waals surface area contributed by atoms with Crippen molar-refractivity contribution in [2.45, 2.75) is 31.7 Å². The average molecular weight is 648 g/mol. The number of rotatable bonds is 6. The second-order valence-electron chi connectivity index (χ2n) is 10.9. The zero-order chi connectivity index (χ0) is 33.4. The molecule has 2 aliphatic rings. The van der Waals surface area contributed by atoms with Crippen molar-refractivity contribution in [2.24, 2.45) is 11.5 Å². The van der Waals surface area contributed by atoms with Crippen molar-refractivity contribution in [2.75, 3.05) is 32.8 Å². The molecule has 5 rings (SSSR count). The van der Waals surface area contributed by atoms with Crippen LogP contribution in [0, 0.1) is 10.8 Å². The van der Waals surface area contributed by atoms with Crippen LogP contribution in [-0.2, 0) is 18.9 Å². The lowest BCUT2D eigenvalue weighted by atomic mass is 9.92. The largest absolute Gasteiger partial charge is 0.417 e. The molecule has 244 valence electrons. The third kappa shape index (κ3) is 6.56. The Kier molecular flexibility index (Phi) is 8.84. The van der Waals surface area contributed by atoms with Crippen LogP contribution >= 0.6 is 0 Å². The number of aliphatic hydroxyl groups is 1. The number of nitrogens with zero attached hydrogens (tertiary/aromatic N) is 5. The van der Waals surface area contributed by atoms with Gasteiger partial charge < -0.3 is 30.9 Å². The third-order valence-electron chi connectivity index (χ3n) is 8.03. The van der Waals surface area contributed by atoms with Crippen molar-refractivity contribution in [1.29, 1.82) is 10.8 Å². The van der Waals surface area contributed by atoms with E-state index < -0.39 is 30.1 Å². The van der Waals surface area contributed by atoms with Crippen LogP contribution in [0.3, 0.4) is 0 Å². The van der Waals surface area contributed by atoms with E-state index in [-0.39, 0.29) is 91.4 Å². The van der Waals surface area contributed by atoms with Crippen molar-refractivity contribution in [3.8, 4) is 22.8 Å². The van der Waals surface area contributed by atoms with Gasteiger partial charge in [-0.05, 0) is 47.2 Å². The molecule has 0 radical (unpaired) electrons. The number of halogens is 6. The highest BCUT2D eigenvalue weighted by molar-refractivity contribution is 5.80. The first-order valence-corrected chi connectivity index (χ1v) is 14.2. The van der Waals surface area contributed by atoms with E-state index in [0.29, 0.717) is 11.1 Å². The SMILES string of the molecule is N=C(N)N1CC=C(c2ccc(-c3nnc(-c4ccc(C5=CCN(C(=N)N)CC5)c(C(F)(F)F)c4)n3CCO)cc2C(F)(F)F)CC1. The predicted molar refractivity (Wildman–Crippen MR) is 160 cm³/mol. The number of guanidine groups is 2. The van der Waals surface area contributed by atoms with Gasteiger partial charge in [-0.15, -0.1) is 10.2 Å². The quantitative estimate of drug-likeness (QED) is 0.149. The lowest BCUT2D eigenvalue weighted by Crippen LogP contribution is -2.39. The fourth-order valence-electron chi connectivity index (χ4n) is 5.70. The Balaban J connectivity index is 1.55. The molecule has 7 N–H and O–H groups in total. The first kappa shape index (κ1) is 32.5. The Hall–Kier alpha value is -4.86. The number of benzene rings is 2. The highest BCUT2D eigenvalue weighted by Crippen LogP contribution is 2.41. The van der Waals surface area contributed by atoms with Crippen molar-refractivity contribution >= 4 is 23.1 Å². The fraction of sp³-hybridized carbons (Fsp3) is 0.333. The maximum atomic E-state index is 14.3. The molecule has 0 spiro atoms. The Morgan fingerprint density at radius 3 is 1.46 bits per heavy atom. The van der Waals surface area contributed by atoms with Crippen LogP contribution in [0.25, 0.3) is 33.9 Å². The highest BCUT2D eigenvalue weighted by Gasteiger charge is 2.37. The van der Waals surface area contributed by atoms with Crippen LogP contribution in [0.5, 0.6) is 0 Å². The van der Waals surface area contributed by atoms with E-state index in [9.17, 15) is 31.4 Å². The van der Waals surface area contributed by atoms with Crippen LogP contribution < -0.4 is 11.5 Å². The Bertz CT molecular complexity index is 1600. The van der Waals surface area contributed by atoms with Gasteiger partial charge in [-0.1, -0.05) is 36.4 Å². The molecule has 1 aromatic heterocycles. The minimum absolute atomic E-state index is 0.0140. The molecule has 3 aromatic rings. The number of alkyl halides is 6.